The number of hydrogen-bond acceptors (Lipinski definition) is 5. The molecule has 0 spiro atoms. The molecule has 0 fully saturated rings. The molecule has 0 aliphatic heterocycles. The fourth-order valence-electron chi connectivity index (χ4n) is 1.25. The zero-order valence-corrected chi connectivity index (χ0v) is 9.43. The van der Waals surface area contributed by atoms with Crippen LogP contribution in [0.4, 0.5) is 11.5 Å². The molecule has 6 heteroatoms. The van der Waals surface area contributed by atoms with Crippen molar-refractivity contribution in [3.8, 4) is 0 Å². The minimum Gasteiger partial charge on any atom is -0.364 e. The number of nitro groups is 1. The number of anilines is 1. The fraction of sp³-hybridized carbons (Fsp3) is 0.500. The first-order valence-corrected chi connectivity index (χ1v) is 5.11. The van der Waals surface area contributed by atoms with Gasteiger partial charge in [0.15, 0.2) is 0 Å². The Morgan fingerprint density at radius 1 is 1.69 bits per heavy atom. The third-order valence-corrected chi connectivity index (χ3v) is 2.09. The highest BCUT2D eigenvalue weighted by Crippen LogP contribution is 2.22. The Hall–Kier alpha value is -1.69. The van der Waals surface area contributed by atoms with Crippen LogP contribution in [0.2, 0.25) is 0 Å². The molecular formula is C10H16N4O2. The van der Waals surface area contributed by atoms with Gasteiger partial charge in [-0.1, -0.05) is 0 Å². The number of rotatable bonds is 5. The maximum absolute atomic E-state index is 10.8. The topological polar surface area (TPSA) is 94.1 Å². The second-order valence-corrected chi connectivity index (χ2v) is 3.83. The lowest BCUT2D eigenvalue weighted by Gasteiger charge is -2.08. The van der Waals surface area contributed by atoms with Gasteiger partial charge >= 0.3 is 5.69 Å². The van der Waals surface area contributed by atoms with Crippen molar-refractivity contribution in [2.45, 2.75) is 26.3 Å². The van der Waals surface area contributed by atoms with Crippen LogP contribution in [0.25, 0.3) is 0 Å². The molecule has 0 aromatic carbocycles. The Balaban J connectivity index is 2.75. The van der Waals surface area contributed by atoms with Gasteiger partial charge in [-0.25, -0.2) is 4.98 Å². The lowest BCUT2D eigenvalue weighted by Crippen LogP contribution is -2.19. The number of hydrogen-bond donors (Lipinski definition) is 2. The summed E-state index contributed by atoms with van der Waals surface area (Å²) in [5.41, 5.74) is 6.36. The minimum atomic E-state index is -0.436. The summed E-state index contributed by atoms with van der Waals surface area (Å²) in [6.07, 6.45) is 2.34. The van der Waals surface area contributed by atoms with E-state index in [-0.39, 0.29) is 11.7 Å². The average Bonchev–Trinajstić information content (AvgIpc) is 2.19. The van der Waals surface area contributed by atoms with Crippen molar-refractivity contribution in [1.82, 2.24) is 4.98 Å². The average molecular weight is 224 g/mol. The van der Waals surface area contributed by atoms with Gasteiger partial charge in [-0.05, 0) is 25.8 Å². The van der Waals surface area contributed by atoms with Crippen LogP contribution in [0, 0.1) is 17.0 Å². The molecule has 0 saturated heterocycles. The molecule has 1 unspecified atom stereocenters. The van der Waals surface area contributed by atoms with E-state index >= 15 is 0 Å². The quantitative estimate of drug-likeness (QED) is 0.583. The first-order valence-electron chi connectivity index (χ1n) is 5.11. The van der Waals surface area contributed by atoms with Crippen LogP contribution in [0.5, 0.6) is 0 Å². The Labute approximate surface area is 94.0 Å². The predicted molar refractivity (Wildman–Crippen MR) is 62.4 cm³/mol. The van der Waals surface area contributed by atoms with E-state index in [1.54, 1.807) is 13.1 Å². The highest BCUT2D eigenvalue weighted by Gasteiger charge is 2.14. The molecule has 0 aliphatic carbocycles. The van der Waals surface area contributed by atoms with Crippen molar-refractivity contribution in [2.75, 3.05) is 11.9 Å². The van der Waals surface area contributed by atoms with E-state index < -0.39 is 4.92 Å². The van der Waals surface area contributed by atoms with Crippen molar-refractivity contribution in [2.24, 2.45) is 5.73 Å². The number of pyridine rings is 1. The van der Waals surface area contributed by atoms with Crippen molar-refractivity contribution in [3.63, 3.8) is 0 Å². The van der Waals surface area contributed by atoms with Crippen LogP contribution in [-0.2, 0) is 0 Å². The van der Waals surface area contributed by atoms with Crippen molar-refractivity contribution >= 4 is 11.5 Å². The summed E-state index contributed by atoms with van der Waals surface area (Å²) < 4.78 is 0. The van der Waals surface area contributed by atoms with Gasteiger partial charge in [-0.15, -0.1) is 0 Å². The molecule has 3 N–H and O–H groups in total. The van der Waals surface area contributed by atoms with E-state index in [4.69, 9.17) is 5.73 Å². The molecule has 1 aromatic heterocycles. The maximum Gasteiger partial charge on any atom is 0.311 e. The molecule has 1 heterocycles. The van der Waals surface area contributed by atoms with Gasteiger partial charge in [0, 0.05) is 24.8 Å². The number of aryl methyl sites for hydroxylation is 1. The Bertz CT molecular complexity index is 379. The zero-order chi connectivity index (χ0) is 12.1. The van der Waals surface area contributed by atoms with Gasteiger partial charge in [0.2, 0.25) is 5.82 Å². The SMILES string of the molecule is Cc1cnc(NCCC(C)N)c([N+](=O)[O-])c1. The standard InChI is InChI=1S/C10H16N4O2/c1-7-5-9(14(15)16)10(13-6-7)12-4-3-8(2)11/h5-6,8H,3-4,11H2,1-2H3,(H,12,13). The first kappa shape index (κ1) is 12.4. The van der Waals surface area contributed by atoms with Crippen LogP contribution in [-0.4, -0.2) is 22.5 Å². The summed E-state index contributed by atoms with van der Waals surface area (Å²) in [5, 5.41) is 13.7. The molecule has 88 valence electrons. The molecule has 6 nitrogen and oxygen atoms in total. The third kappa shape index (κ3) is 3.47. The Morgan fingerprint density at radius 2 is 2.38 bits per heavy atom. The summed E-state index contributed by atoms with van der Waals surface area (Å²) in [7, 11) is 0. The lowest BCUT2D eigenvalue weighted by molar-refractivity contribution is -0.384. The highest BCUT2D eigenvalue weighted by molar-refractivity contribution is 5.56. The molecule has 16 heavy (non-hydrogen) atoms. The van der Waals surface area contributed by atoms with Crippen LogP contribution in [0.1, 0.15) is 18.9 Å². The molecule has 1 rings (SSSR count). The van der Waals surface area contributed by atoms with Gasteiger partial charge in [0.05, 0.1) is 4.92 Å². The van der Waals surface area contributed by atoms with Crippen molar-refractivity contribution in [3.05, 3.63) is 27.9 Å². The second-order valence-electron chi connectivity index (χ2n) is 3.83. The molecule has 0 saturated carbocycles. The molecule has 0 aliphatic rings. The van der Waals surface area contributed by atoms with Gasteiger partial charge in [-0.2, -0.15) is 0 Å². The van der Waals surface area contributed by atoms with E-state index in [0.29, 0.717) is 12.4 Å². The Morgan fingerprint density at radius 3 is 2.94 bits per heavy atom. The number of nitrogens with two attached hydrogens (primary N) is 1. The summed E-state index contributed by atoms with van der Waals surface area (Å²) >= 11 is 0. The molecular weight excluding hydrogens is 208 g/mol. The second kappa shape index (κ2) is 5.41. The monoisotopic (exact) mass is 224 g/mol. The van der Waals surface area contributed by atoms with Crippen LogP contribution >= 0.6 is 0 Å². The largest absolute Gasteiger partial charge is 0.364 e. The number of nitrogens with zero attached hydrogens (tertiary/aromatic N) is 2. The van der Waals surface area contributed by atoms with Gasteiger partial charge < -0.3 is 11.1 Å². The van der Waals surface area contributed by atoms with Gasteiger partial charge in [-0.3, -0.25) is 10.1 Å². The van der Waals surface area contributed by atoms with Crippen LogP contribution in [0.15, 0.2) is 12.3 Å². The Kier molecular flexibility index (Phi) is 4.19. The fourth-order valence-corrected chi connectivity index (χ4v) is 1.25. The molecule has 1 aromatic rings. The molecule has 0 amide bonds. The molecule has 1 atom stereocenters. The van der Waals surface area contributed by atoms with E-state index in [1.165, 1.54) is 6.07 Å². The van der Waals surface area contributed by atoms with E-state index in [9.17, 15) is 10.1 Å². The summed E-state index contributed by atoms with van der Waals surface area (Å²) in [6.45, 7) is 4.24. The highest BCUT2D eigenvalue weighted by atomic mass is 16.6. The third-order valence-electron chi connectivity index (χ3n) is 2.09. The van der Waals surface area contributed by atoms with Crippen LogP contribution < -0.4 is 11.1 Å². The normalized spacial score (nSPS) is 12.2. The number of nitrogens with one attached hydrogen (secondary N) is 1. The lowest BCUT2D eigenvalue weighted by atomic mass is 10.2. The van der Waals surface area contributed by atoms with Crippen molar-refractivity contribution < 1.29 is 4.92 Å². The van der Waals surface area contributed by atoms with Gasteiger partial charge in [0.1, 0.15) is 0 Å². The molecule has 0 bridgehead atoms. The first-order chi connectivity index (χ1) is 7.50. The van der Waals surface area contributed by atoms with E-state index in [0.717, 1.165) is 12.0 Å². The predicted octanol–water partition coefficient (Wildman–Crippen LogP) is 1.45. The van der Waals surface area contributed by atoms with Crippen LogP contribution in [0.3, 0.4) is 0 Å². The van der Waals surface area contributed by atoms with Crippen molar-refractivity contribution in [1.29, 1.82) is 0 Å². The summed E-state index contributed by atoms with van der Waals surface area (Å²) in [4.78, 5) is 14.3. The van der Waals surface area contributed by atoms with E-state index in [2.05, 4.69) is 10.3 Å². The smallest absolute Gasteiger partial charge is 0.311 e. The number of aromatic nitrogens is 1. The molecule has 0 radical (unpaired) electrons. The van der Waals surface area contributed by atoms with E-state index in [1.807, 2.05) is 6.92 Å². The summed E-state index contributed by atoms with van der Waals surface area (Å²) in [6, 6.07) is 1.57. The van der Waals surface area contributed by atoms with Gasteiger partial charge in [0.25, 0.3) is 0 Å². The minimum absolute atomic E-state index is 0.00433. The summed E-state index contributed by atoms with van der Waals surface area (Å²) in [5.74, 6) is 0.302. The maximum atomic E-state index is 10.8. The zero-order valence-electron chi connectivity index (χ0n) is 9.43.